The first-order valence-electron chi connectivity index (χ1n) is 9.87. The van der Waals surface area contributed by atoms with Crippen LogP contribution in [0.4, 0.5) is 27.6 Å². The zero-order valence-electron chi connectivity index (χ0n) is 17.4. The number of carbonyl (C=O) groups excluding carboxylic acids is 3. The highest BCUT2D eigenvalue weighted by molar-refractivity contribution is 6.35. The summed E-state index contributed by atoms with van der Waals surface area (Å²) in [6.07, 6.45) is -4.95. The van der Waals surface area contributed by atoms with Gasteiger partial charge in [-0.1, -0.05) is 16.8 Å². The van der Waals surface area contributed by atoms with Crippen molar-refractivity contribution in [1.29, 1.82) is 0 Å². The molecule has 1 aromatic carbocycles. The minimum absolute atomic E-state index is 0.0298. The van der Waals surface area contributed by atoms with E-state index < -0.39 is 65.0 Å². The Bertz CT molecular complexity index is 1060. The van der Waals surface area contributed by atoms with Crippen LogP contribution in [0.15, 0.2) is 18.3 Å². The van der Waals surface area contributed by atoms with E-state index in [0.29, 0.717) is 0 Å². The molecule has 2 aromatic rings. The molecule has 184 valence electrons. The first-order valence-corrected chi connectivity index (χ1v) is 10.2. The number of nitrogens with one attached hydrogen (secondary N) is 3. The van der Waals surface area contributed by atoms with E-state index in [1.54, 1.807) is 0 Å². The Hall–Kier alpha value is -3.29. The van der Waals surface area contributed by atoms with E-state index in [2.05, 4.69) is 20.7 Å². The van der Waals surface area contributed by atoms with Crippen molar-refractivity contribution in [2.45, 2.75) is 38.0 Å². The molecule has 0 unspecified atom stereocenters. The molecule has 34 heavy (non-hydrogen) atoms. The van der Waals surface area contributed by atoms with E-state index in [1.165, 1.54) is 6.92 Å². The number of amides is 3. The first kappa shape index (κ1) is 25.3. The van der Waals surface area contributed by atoms with E-state index in [4.69, 9.17) is 11.6 Å². The summed E-state index contributed by atoms with van der Waals surface area (Å²) in [5.74, 6) is -6.44. The van der Waals surface area contributed by atoms with Crippen molar-refractivity contribution in [2.75, 3.05) is 11.9 Å². The summed E-state index contributed by atoms with van der Waals surface area (Å²) in [5.41, 5.74) is -0.318. The molecule has 1 saturated heterocycles. The Balaban J connectivity index is 1.65. The molecule has 0 saturated carbocycles. The SMILES string of the molecule is C[C@H]1[C@@H](C(=O)Nc2cc(F)c(F)c(Cl)c2)CCN1C(=O)C(=O)N[C@H](CC(F)(F)F)c1c[nH]nn1. The van der Waals surface area contributed by atoms with Gasteiger partial charge in [-0.3, -0.25) is 19.5 Å². The van der Waals surface area contributed by atoms with Crippen molar-refractivity contribution in [1.82, 2.24) is 25.6 Å². The lowest BCUT2D eigenvalue weighted by atomic mass is 10.0. The van der Waals surface area contributed by atoms with Gasteiger partial charge in [0.05, 0.1) is 23.4 Å². The normalized spacial score (nSPS) is 19.1. The highest BCUT2D eigenvalue weighted by Gasteiger charge is 2.41. The summed E-state index contributed by atoms with van der Waals surface area (Å²) in [5, 5.41) is 12.9. The van der Waals surface area contributed by atoms with E-state index in [9.17, 15) is 36.3 Å². The Labute approximate surface area is 194 Å². The number of nitrogens with zero attached hydrogens (tertiary/aromatic N) is 3. The molecule has 3 amide bonds. The number of anilines is 1. The van der Waals surface area contributed by atoms with Crippen LogP contribution in [0.1, 0.15) is 31.5 Å². The van der Waals surface area contributed by atoms with Crippen LogP contribution in [0.3, 0.4) is 0 Å². The number of rotatable bonds is 5. The van der Waals surface area contributed by atoms with E-state index >= 15 is 0 Å². The predicted molar refractivity (Wildman–Crippen MR) is 107 cm³/mol. The van der Waals surface area contributed by atoms with Gasteiger partial charge in [-0.15, -0.1) is 5.10 Å². The predicted octanol–water partition coefficient (Wildman–Crippen LogP) is 2.72. The number of hydrogen-bond donors (Lipinski definition) is 3. The fraction of sp³-hybridized carbons (Fsp3) is 0.421. The molecule has 0 radical (unpaired) electrons. The van der Waals surface area contributed by atoms with Gasteiger partial charge in [0.25, 0.3) is 0 Å². The van der Waals surface area contributed by atoms with Crippen LogP contribution in [-0.4, -0.2) is 56.8 Å². The standard InChI is InChI=1S/C19H18ClF5N6O3/c1-8-10(16(32)27-9-4-11(20)15(22)12(21)5-9)2-3-31(8)18(34)17(33)28-13(6-19(23,24)25)14-7-26-30-29-14/h4-5,7-8,10,13H,2-3,6H2,1H3,(H,27,32)(H,28,33)(H,26,29,30)/t8-,10-,13+/m0/s1. The summed E-state index contributed by atoms with van der Waals surface area (Å²) >= 11 is 5.56. The summed E-state index contributed by atoms with van der Waals surface area (Å²) in [6, 6.07) is -0.712. The molecule has 3 atom stereocenters. The van der Waals surface area contributed by atoms with E-state index in [-0.39, 0.29) is 24.3 Å². The van der Waals surface area contributed by atoms with Crippen LogP contribution in [-0.2, 0) is 14.4 Å². The average Bonchev–Trinajstić information content (AvgIpc) is 3.40. The topological polar surface area (TPSA) is 120 Å². The molecule has 3 N–H and O–H groups in total. The third-order valence-corrected chi connectivity index (χ3v) is 5.61. The molecule has 15 heteroatoms. The largest absolute Gasteiger partial charge is 0.391 e. The summed E-state index contributed by atoms with van der Waals surface area (Å²) in [7, 11) is 0. The third kappa shape index (κ3) is 5.79. The zero-order chi connectivity index (χ0) is 25.2. The Morgan fingerprint density at radius 2 is 2.00 bits per heavy atom. The maximum Gasteiger partial charge on any atom is 0.391 e. The van der Waals surface area contributed by atoms with Crippen LogP contribution in [0.2, 0.25) is 5.02 Å². The lowest BCUT2D eigenvalue weighted by molar-refractivity contribution is -0.151. The molecule has 1 aliphatic rings. The van der Waals surface area contributed by atoms with Gasteiger partial charge in [0.15, 0.2) is 11.6 Å². The van der Waals surface area contributed by atoms with Crippen LogP contribution < -0.4 is 10.6 Å². The maximum atomic E-state index is 13.5. The molecule has 1 fully saturated rings. The number of hydrogen-bond acceptors (Lipinski definition) is 5. The van der Waals surface area contributed by atoms with Crippen molar-refractivity contribution in [3.05, 3.63) is 40.7 Å². The van der Waals surface area contributed by atoms with Gasteiger partial charge in [-0.2, -0.15) is 13.2 Å². The number of halogens is 6. The van der Waals surface area contributed by atoms with Gasteiger partial charge < -0.3 is 15.5 Å². The molecule has 1 aromatic heterocycles. The number of H-pyrrole nitrogens is 1. The first-order chi connectivity index (χ1) is 15.9. The van der Waals surface area contributed by atoms with Gasteiger partial charge in [0.2, 0.25) is 5.91 Å². The van der Waals surface area contributed by atoms with E-state index in [0.717, 1.165) is 23.2 Å². The van der Waals surface area contributed by atoms with Gasteiger partial charge in [0, 0.05) is 30.5 Å². The van der Waals surface area contributed by atoms with Crippen LogP contribution in [0.25, 0.3) is 0 Å². The number of carbonyl (C=O) groups is 3. The third-order valence-electron chi connectivity index (χ3n) is 5.33. The average molecular weight is 509 g/mol. The molecular formula is C19H18ClF5N6O3. The molecular weight excluding hydrogens is 491 g/mol. The van der Waals surface area contributed by atoms with Gasteiger partial charge >= 0.3 is 18.0 Å². The number of benzene rings is 1. The van der Waals surface area contributed by atoms with Crippen molar-refractivity contribution in [3.8, 4) is 0 Å². The quantitative estimate of drug-likeness (QED) is 0.326. The smallest absolute Gasteiger partial charge is 0.339 e. The van der Waals surface area contributed by atoms with Gasteiger partial charge in [-0.05, 0) is 19.4 Å². The number of alkyl halides is 3. The molecule has 9 nitrogen and oxygen atoms in total. The summed E-state index contributed by atoms with van der Waals surface area (Å²) in [6.45, 7) is 1.45. The molecule has 2 heterocycles. The van der Waals surface area contributed by atoms with Crippen LogP contribution in [0.5, 0.6) is 0 Å². The zero-order valence-corrected chi connectivity index (χ0v) is 18.2. The number of likely N-dealkylation sites (tertiary alicyclic amines) is 1. The summed E-state index contributed by atoms with van der Waals surface area (Å²) in [4.78, 5) is 38.7. The molecule has 0 aliphatic carbocycles. The monoisotopic (exact) mass is 508 g/mol. The minimum atomic E-state index is -4.66. The lowest BCUT2D eigenvalue weighted by Gasteiger charge is -2.25. The Morgan fingerprint density at radius 1 is 1.29 bits per heavy atom. The Morgan fingerprint density at radius 3 is 2.59 bits per heavy atom. The fourth-order valence-corrected chi connectivity index (χ4v) is 3.84. The van der Waals surface area contributed by atoms with Crippen molar-refractivity contribution in [2.24, 2.45) is 5.92 Å². The molecule has 3 rings (SSSR count). The molecule has 0 spiro atoms. The second-order valence-electron chi connectivity index (χ2n) is 7.62. The maximum absolute atomic E-state index is 13.5. The van der Waals surface area contributed by atoms with Gasteiger partial charge in [-0.25, -0.2) is 8.78 Å². The fourth-order valence-electron chi connectivity index (χ4n) is 3.63. The molecule has 0 bridgehead atoms. The summed E-state index contributed by atoms with van der Waals surface area (Å²) < 4.78 is 65.5. The van der Waals surface area contributed by atoms with Crippen LogP contribution >= 0.6 is 11.6 Å². The minimum Gasteiger partial charge on any atom is -0.339 e. The van der Waals surface area contributed by atoms with Crippen molar-refractivity contribution < 1.29 is 36.3 Å². The second kappa shape index (κ2) is 9.91. The number of aromatic nitrogens is 3. The highest BCUT2D eigenvalue weighted by atomic mass is 35.5. The highest BCUT2D eigenvalue weighted by Crippen LogP contribution is 2.30. The van der Waals surface area contributed by atoms with Crippen LogP contribution in [0, 0.1) is 17.6 Å². The Kier molecular flexibility index (Phi) is 7.38. The second-order valence-corrected chi connectivity index (χ2v) is 8.03. The van der Waals surface area contributed by atoms with E-state index in [1.807, 2.05) is 5.32 Å². The van der Waals surface area contributed by atoms with Crippen molar-refractivity contribution >= 4 is 35.0 Å². The molecule has 1 aliphatic heterocycles. The lowest BCUT2D eigenvalue weighted by Crippen LogP contribution is -2.47. The number of aromatic amines is 1. The van der Waals surface area contributed by atoms with Crippen molar-refractivity contribution in [3.63, 3.8) is 0 Å². The van der Waals surface area contributed by atoms with Gasteiger partial charge in [0.1, 0.15) is 5.69 Å².